The maximum Gasteiger partial charge on any atom is 0.261 e. The highest BCUT2D eigenvalue weighted by Crippen LogP contribution is 2.30. The van der Waals surface area contributed by atoms with Crippen LogP contribution in [0.3, 0.4) is 0 Å². The smallest absolute Gasteiger partial charge is 0.261 e. The van der Waals surface area contributed by atoms with Crippen LogP contribution in [0.2, 0.25) is 5.02 Å². The van der Waals surface area contributed by atoms with E-state index >= 15 is 0 Å². The first-order chi connectivity index (χ1) is 10.8. The van der Waals surface area contributed by atoms with Gasteiger partial charge in [0.2, 0.25) is 0 Å². The summed E-state index contributed by atoms with van der Waals surface area (Å²) < 4.78 is 23.2. The van der Waals surface area contributed by atoms with E-state index in [1.807, 2.05) is 18.2 Å². The molecule has 1 amide bonds. The standard InChI is InChI=1S/C16H16ClNO3S2/c1-16(8-9-23(20,21)10-16)18-15(19)14-7-6-13(22-14)11-2-4-12(17)5-3-11/h2-7H,8-10H2,1H3,(H,18,19). The van der Waals surface area contributed by atoms with Gasteiger partial charge >= 0.3 is 0 Å². The number of carbonyl (C=O) groups excluding carboxylic acids is 1. The molecule has 23 heavy (non-hydrogen) atoms. The number of rotatable bonds is 3. The highest BCUT2D eigenvalue weighted by Gasteiger charge is 2.39. The van der Waals surface area contributed by atoms with Crippen molar-refractivity contribution in [2.75, 3.05) is 11.5 Å². The van der Waals surface area contributed by atoms with E-state index in [1.165, 1.54) is 11.3 Å². The van der Waals surface area contributed by atoms with Gasteiger partial charge in [0.05, 0.1) is 21.9 Å². The van der Waals surface area contributed by atoms with Crippen LogP contribution < -0.4 is 5.32 Å². The van der Waals surface area contributed by atoms with Gasteiger partial charge in [-0.25, -0.2) is 8.42 Å². The molecule has 4 nitrogen and oxygen atoms in total. The Bertz CT molecular complexity index is 842. The molecule has 1 aliphatic rings. The molecule has 0 radical (unpaired) electrons. The van der Waals surface area contributed by atoms with E-state index in [-0.39, 0.29) is 17.4 Å². The Labute approximate surface area is 144 Å². The molecule has 2 heterocycles. The molecule has 1 unspecified atom stereocenters. The second-order valence-electron chi connectivity index (χ2n) is 6.03. The van der Waals surface area contributed by atoms with E-state index in [1.54, 1.807) is 25.1 Å². The fraction of sp³-hybridized carbons (Fsp3) is 0.312. The third-order valence-electron chi connectivity index (χ3n) is 3.88. The Hall–Kier alpha value is -1.37. The fourth-order valence-electron chi connectivity index (χ4n) is 2.67. The summed E-state index contributed by atoms with van der Waals surface area (Å²) in [6, 6.07) is 11.1. The molecule has 0 aliphatic carbocycles. The van der Waals surface area contributed by atoms with Crippen LogP contribution in [0.4, 0.5) is 0 Å². The molecular weight excluding hydrogens is 354 g/mol. The van der Waals surface area contributed by atoms with Gasteiger partial charge in [0, 0.05) is 9.90 Å². The predicted molar refractivity (Wildman–Crippen MR) is 93.9 cm³/mol. The van der Waals surface area contributed by atoms with E-state index < -0.39 is 15.4 Å². The monoisotopic (exact) mass is 369 g/mol. The molecule has 122 valence electrons. The largest absolute Gasteiger partial charge is 0.345 e. The van der Waals surface area contributed by atoms with E-state index in [0.29, 0.717) is 16.3 Å². The predicted octanol–water partition coefficient (Wildman–Crippen LogP) is 3.38. The van der Waals surface area contributed by atoms with Crippen molar-refractivity contribution in [1.82, 2.24) is 5.32 Å². The third-order valence-corrected chi connectivity index (χ3v) is 7.17. The maximum atomic E-state index is 12.4. The van der Waals surface area contributed by atoms with E-state index in [9.17, 15) is 13.2 Å². The van der Waals surface area contributed by atoms with Crippen LogP contribution in [0.15, 0.2) is 36.4 Å². The molecule has 0 bridgehead atoms. The van der Waals surface area contributed by atoms with Crippen LogP contribution >= 0.6 is 22.9 Å². The van der Waals surface area contributed by atoms with Crippen molar-refractivity contribution < 1.29 is 13.2 Å². The minimum atomic E-state index is -3.05. The first-order valence-corrected chi connectivity index (χ1v) is 10.2. The molecule has 1 aliphatic heterocycles. The van der Waals surface area contributed by atoms with Crippen LogP contribution in [0.5, 0.6) is 0 Å². The highest BCUT2D eigenvalue weighted by molar-refractivity contribution is 7.91. The molecule has 1 aromatic carbocycles. The van der Waals surface area contributed by atoms with Gasteiger partial charge in [-0.1, -0.05) is 23.7 Å². The number of hydrogen-bond donors (Lipinski definition) is 1. The number of nitrogens with one attached hydrogen (secondary N) is 1. The summed E-state index contributed by atoms with van der Waals surface area (Å²) in [5.41, 5.74) is 0.313. The van der Waals surface area contributed by atoms with Gasteiger partial charge in [-0.3, -0.25) is 4.79 Å². The van der Waals surface area contributed by atoms with Crippen molar-refractivity contribution in [3.63, 3.8) is 0 Å². The minimum Gasteiger partial charge on any atom is -0.345 e. The molecule has 7 heteroatoms. The van der Waals surface area contributed by atoms with Gasteiger partial charge < -0.3 is 5.32 Å². The summed E-state index contributed by atoms with van der Waals surface area (Å²) in [6.07, 6.45) is 0.455. The molecule has 2 aromatic rings. The van der Waals surface area contributed by atoms with Crippen molar-refractivity contribution in [2.24, 2.45) is 0 Å². The topological polar surface area (TPSA) is 63.2 Å². The van der Waals surface area contributed by atoms with Crippen molar-refractivity contribution in [3.8, 4) is 10.4 Å². The summed E-state index contributed by atoms with van der Waals surface area (Å²) in [6.45, 7) is 1.78. The highest BCUT2D eigenvalue weighted by atomic mass is 35.5. The summed E-state index contributed by atoms with van der Waals surface area (Å²) >= 11 is 7.26. The lowest BCUT2D eigenvalue weighted by molar-refractivity contribution is 0.0919. The van der Waals surface area contributed by atoms with Gasteiger partial charge in [0.25, 0.3) is 5.91 Å². The lowest BCUT2D eigenvalue weighted by Gasteiger charge is -2.23. The van der Waals surface area contributed by atoms with Crippen LogP contribution in [0.25, 0.3) is 10.4 Å². The van der Waals surface area contributed by atoms with E-state index in [4.69, 9.17) is 11.6 Å². The van der Waals surface area contributed by atoms with Crippen LogP contribution in [-0.2, 0) is 9.84 Å². The van der Waals surface area contributed by atoms with E-state index in [0.717, 1.165) is 10.4 Å². The lowest BCUT2D eigenvalue weighted by atomic mass is 10.0. The number of thiophene rings is 1. The Balaban J connectivity index is 1.75. The summed E-state index contributed by atoms with van der Waals surface area (Å²) in [5.74, 6) is -0.0967. The molecule has 0 spiro atoms. The Morgan fingerprint density at radius 1 is 1.22 bits per heavy atom. The van der Waals surface area contributed by atoms with E-state index in [2.05, 4.69) is 5.32 Å². The molecule has 1 saturated heterocycles. The average molecular weight is 370 g/mol. The van der Waals surface area contributed by atoms with Crippen LogP contribution in [0.1, 0.15) is 23.0 Å². The summed E-state index contributed by atoms with van der Waals surface area (Å²) in [4.78, 5) is 13.9. The second-order valence-corrected chi connectivity index (χ2v) is 9.73. The van der Waals surface area contributed by atoms with Gasteiger partial charge in [-0.05, 0) is 43.2 Å². The number of carbonyl (C=O) groups is 1. The van der Waals surface area contributed by atoms with Crippen molar-refractivity contribution in [1.29, 1.82) is 0 Å². The summed E-state index contributed by atoms with van der Waals surface area (Å²) in [7, 11) is -3.05. The van der Waals surface area contributed by atoms with Crippen molar-refractivity contribution in [3.05, 3.63) is 46.3 Å². The number of amides is 1. The molecule has 1 fully saturated rings. The van der Waals surface area contributed by atoms with Gasteiger partial charge in [0.1, 0.15) is 0 Å². The molecule has 1 aromatic heterocycles. The van der Waals surface area contributed by atoms with Gasteiger partial charge in [0.15, 0.2) is 9.84 Å². The zero-order chi connectivity index (χ0) is 16.7. The Morgan fingerprint density at radius 2 is 1.91 bits per heavy atom. The van der Waals surface area contributed by atoms with Crippen LogP contribution in [-0.4, -0.2) is 31.4 Å². The normalized spacial score (nSPS) is 22.9. The van der Waals surface area contributed by atoms with Crippen molar-refractivity contribution >= 4 is 38.7 Å². The number of sulfone groups is 1. The van der Waals surface area contributed by atoms with Gasteiger partial charge in [-0.15, -0.1) is 11.3 Å². The lowest BCUT2D eigenvalue weighted by Crippen LogP contribution is -2.46. The van der Waals surface area contributed by atoms with Crippen LogP contribution in [0, 0.1) is 0 Å². The van der Waals surface area contributed by atoms with Gasteiger partial charge in [-0.2, -0.15) is 0 Å². The number of halogens is 1. The molecule has 0 saturated carbocycles. The number of hydrogen-bond acceptors (Lipinski definition) is 4. The SMILES string of the molecule is CC1(NC(=O)c2ccc(-c3ccc(Cl)cc3)s2)CCS(=O)(=O)C1. The zero-order valence-electron chi connectivity index (χ0n) is 12.5. The Kier molecular flexibility index (Phi) is 4.25. The molecular formula is C16H16ClNO3S2. The second kappa shape index (κ2) is 5.92. The summed E-state index contributed by atoms with van der Waals surface area (Å²) in [5, 5.41) is 3.54. The van der Waals surface area contributed by atoms with Crippen molar-refractivity contribution in [2.45, 2.75) is 18.9 Å². The molecule has 3 rings (SSSR count). The fourth-order valence-corrected chi connectivity index (χ4v) is 5.80. The first kappa shape index (κ1) is 16.5. The quantitative estimate of drug-likeness (QED) is 0.902. The first-order valence-electron chi connectivity index (χ1n) is 7.15. The maximum absolute atomic E-state index is 12.4. The minimum absolute atomic E-state index is 0.00115. The third kappa shape index (κ3) is 3.76. The molecule has 1 N–H and O–H groups in total. The average Bonchev–Trinajstić information content (AvgIpc) is 3.05. The number of benzene rings is 1. The zero-order valence-corrected chi connectivity index (χ0v) is 14.9. The Morgan fingerprint density at radius 3 is 2.52 bits per heavy atom. The molecule has 1 atom stereocenters.